The van der Waals surface area contributed by atoms with E-state index in [1.165, 1.54) is 5.56 Å². The Morgan fingerprint density at radius 1 is 1.47 bits per heavy atom. The molecule has 0 amide bonds. The predicted molar refractivity (Wildman–Crippen MR) is 65.3 cm³/mol. The van der Waals surface area contributed by atoms with Gasteiger partial charge in [0.25, 0.3) is 0 Å². The van der Waals surface area contributed by atoms with Crippen molar-refractivity contribution >= 4 is 5.97 Å². The van der Waals surface area contributed by atoms with Gasteiger partial charge in [0.15, 0.2) is 0 Å². The molecule has 0 bridgehead atoms. The van der Waals surface area contributed by atoms with E-state index >= 15 is 0 Å². The van der Waals surface area contributed by atoms with Crippen molar-refractivity contribution in [3.05, 3.63) is 29.3 Å². The summed E-state index contributed by atoms with van der Waals surface area (Å²) in [7, 11) is 0. The minimum absolute atomic E-state index is 0.196. The van der Waals surface area contributed by atoms with Crippen molar-refractivity contribution in [2.45, 2.75) is 32.6 Å². The zero-order valence-electron chi connectivity index (χ0n) is 10.6. The molecule has 0 N–H and O–H groups in total. The second kappa shape index (κ2) is 4.40. The fraction of sp³-hybridized carbons (Fsp3) is 0.500. The molecule has 0 aliphatic carbocycles. The zero-order valence-corrected chi connectivity index (χ0v) is 10.6. The molecular weight excluding hydrogens is 216 g/mol. The molecule has 0 fully saturated rings. The van der Waals surface area contributed by atoms with Crippen molar-refractivity contribution in [3.8, 4) is 5.75 Å². The van der Waals surface area contributed by atoms with E-state index in [4.69, 9.17) is 9.47 Å². The predicted octanol–water partition coefficient (Wildman–Crippen LogP) is 2.46. The lowest BCUT2D eigenvalue weighted by Gasteiger charge is -2.23. The van der Waals surface area contributed by atoms with Gasteiger partial charge in [-0.3, -0.25) is 4.79 Å². The van der Waals surface area contributed by atoms with E-state index in [1.54, 1.807) is 0 Å². The van der Waals surface area contributed by atoms with Gasteiger partial charge in [0.2, 0.25) is 0 Å². The highest BCUT2D eigenvalue weighted by Crippen LogP contribution is 2.32. The number of ether oxygens (including phenoxy) is 2. The summed E-state index contributed by atoms with van der Waals surface area (Å²) in [6.45, 7) is 6.71. The van der Waals surface area contributed by atoms with Crippen LogP contribution in [0.25, 0.3) is 0 Å². The Morgan fingerprint density at radius 3 is 2.94 bits per heavy atom. The number of carbonyl (C=O) groups excluding carboxylic acids is 1. The van der Waals surface area contributed by atoms with Crippen molar-refractivity contribution in [3.63, 3.8) is 0 Å². The summed E-state index contributed by atoms with van der Waals surface area (Å²) in [4.78, 5) is 11.9. The lowest BCUT2D eigenvalue weighted by Crippen LogP contribution is -2.31. The number of carbonyl (C=O) groups is 1. The van der Waals surface area contributed by atoms with E-state index in [0.717, 1.165) is 24.3 Å². The largest absolute Gasteiger partial charge is 0.493 e. The second-order valence-electron chi connectivity index (χ2n) is 4.77. The highest BCUT2D eigenvalue weighted by molar-refractivity contribution is 5.82. The minimum atomic E-state index is -0.628. The molecule has 0 spiro atoms. The van der Waals surface area contributed by atoms with Gasteiger partial charge in [-0.25, -0.2) is 0 Å². The summed E-state index contributed by atoms with van der Waals surface area (Å²) in [6.07, 6.45) is 0.954. The quantitative estimate of drug-likeness (QED) is 0.754. The van der Waals surface area contributed by atoms with Gasteiger partial charge in [0.05, 0.1) is 18.6 Å². The molecular formula is C14H18O3. The Hall–Kier alpha value is -1.51. The molecule has 1 aliphatic rings. The van der Waals surface area contributed by atoms with Gasteiger partial charge in [0.1, 0.15) is 5.75 Å². The lowest BCUT2D eigenvalue weighted by molar-refractivity contribution is -0.148. The number of fused-ring (bicyclic) bond motifs is 1. The topological polar surface area (TPSA) is 35.5 Å². The number of hydrogen-bond acceptors (Lipinski definition) is 3. The molecule has 0 unspecified atom stereocenters. The number of benzene rings is 1. The lowest BCUT2D eigenvalue weighted by atomic mass is 9.84. The maximum absolute atomic E-state index is 11.9. The van der Waals surface area contributed by atoms with Crippen LogP contribution in [-0.4, -0.2) is 19.2 Å². The highest BCUT2D eigenvalue weighted by atomic mass is 16.5. The van der Waals surface area contributed by atoms with Crippen LogP contribution >= 0.6 is 0 Å². The van der Waals surface area contributed by atoms with E-state index in [9.17, 15) is 4.79 Å². The van der Waals surface area contributed by atoms with Gasteiger partial charge in [-0.2, -0.15) is 0 Å². The molecule has 0 saturated carbocycles. The van der Waals surface area contributed by atoms with E-state index in [-0.39, 0.29) is 5.97 Å². The molecule has 1 heterocycles. The summed E-state index contributed by atoms with van der Waals surface area (Å²) >= 11 is 0. The van der Waals surface area contributed by atoms with Crippen LogP contribution < -0.4 is 4.74 Å². The van der Waals surface area contributed by atoms with E-state index in [1.807, 2.05) is 39.0 Å². The second-order valence-corrected chi connectivity index (χ2v) is 4.77. The molecule has 92 valence electrons. The molecule has 0 aromatic heterocycles. The molecule has 0 atom stereocenters. The van der Waals surface area contributed by atoms with E-state index in [2.05, 4.69) is 0 Å². The smallest absolute Gasteiger partial charge is 0.315 e. The molecule has 1 aliphatic heterocycles. The summed E-state index contributed by atoms with van der Waals surface area (Å²) in [5, 5.41) is 0. The van der Waals surface area contributed by atoms with E-state index < -0.39 is 5.41 Å². The first-order valence-electron chi connectivity index (χ1n) is 5.99. The third-order valence-corrected chi connectivity index (χ3v) is 3.20. The maximum Gasteiger partial charge on any atom is 0.315 e. The molecule has 0 radical (unpaired) electrons. The van der Waals surface area contributed by atoms with Crippen LogP contribution in [0.3, 0.4) is 0 Å². The maximum atomic E-state index is 11.9. The van der Waals surface area contributed by atoms with Crippen LogP contribution in [0, 0.1) is 0 Å². The summed E-state index contributed by atoms with van der Waals surface area (Å²) in [6, 6.07) is 5.99. The fourth-order valence-electron chi connectivity index (χ4n) is 1.98. The van der Waals surface area contributed by atoms with E-state index in [0.29, 0.717) is 6.61 Å². The van der Waals surface area contributed by atoms with Crippen molar-refractivity contribution in [2.75, 3.05) is 13.2 Å². The van der Waals surface area contributed by atoms with Crippen molar-refractivity contribution in [1.29, 1.82) is 0 Å². The summed E-state index contributed by atoms with van der Waals surface area (Å²) in [5.41, 5.74) is 1.53. The van der Waals surface area contributed by atoms with Crippen LogP contribution in [-0.2, 0) is 21.4 Å². The van der Waals surface area contributed by atoms with Crippen molar-refractivity contribution < 1.29 is 14.3 Å². The monoisotopic (exact) mass is 234 g/mol. The number of esters is 1. The van der Waals surface area contributed by atoms with Crippen LogP contribution in [0.4, 0.5) is 0 Å². The molecule has 2 rings (SSSR count). The minimum Gasteiger partial charge on any atom is -0.493 e. The normalized spacial score (nSPS) is 14.1. The Balaban J connectivity index is 2.30. The van der Waals surface area contributed by atoms with Crippen LogP contribution in [0.15, 0.2) is 18.2 Å². The Morgan fingerprint density at radius 2 is 2.24 bits per heavy atom. The van der Waals surface area contributed by atoms with Crippen LogP contribution in [0.2, 0.25) is 0 Å². The molecule has 3 heteroatoms. The average molecular weight is 234 g/mol. The standard InChI is InChI=1S/C14H18O3/c1-4-16-13(15)14(2,3)11-6-5-10-7-8-17-12(10)9-11/h5-6,9H,4,7-8H2,1-3H3. The third-order valence-electron chi connectivity index (χ3n) is 3.20. The Labute approximate surface area is 102 Å². The SMILES string of the molecule is CCOC(=O)C(C)(C)c1ccc2c(c1)OCC2. The third kappa shape index (κ3) is 2.14. The van der Waals surface area contributed by atoms with Crippen molar-refractivity contribution in [2.24, 2.45) is 0 Å². The summed E-state index contributed by atoms with van der Waals surface area (Å²) < 4.78 is 10.6. The van der Waals surface area contributed by atoms with Gasteiger partial charge < -0.3 is 9.47 Å². The molecule has 3 nitrogen and oxygen atoms in total. The van der Waals surface area contributed by atoms with Crippen molar-refractivity contribution in [1.82, 2.24) is 0 Å². The zero-order chi connectivity index (χ0) is 12.5. The van der Waals surface area contributed by atoms with Gasteiger partial charge in [0, 0.05) is 6.42 Å². The fourth-order valence-corrected chi connectivity index (χ4v) is 1.98. The van der Waals surface area contributed by atoms with Crippen LogP contribution in [0.5, 0.6) is 5.75 Å². The first-order chi connectivity index (χ1) is 8.05. The Bertz CT molecular complexity index is 435. The molecule has 1 aromatic carbocycles. The summed E-state index contributed by atoms with van der Waals surface area (Å²) in [5.74, 6) is 0.706. The van der Waals surface area contributed by atoms with Crippen LogP contribution in [0.1, 0.15) is 31.9 Å². The first-order valence-corrected chi connectivity index (χ1v) is 5.99. The van der Waals surface area contributed by atoms with Gasteiger partial charge in [-0.05, 0) is 38.0 Å². The Kier molecular flexibility index (Phi) is 3.09. The average Bonchev–Trinajstić information content (AvgIpc) is 2.76. The van der Waals surface area contributed by atoms with Gasteiger partial charge in [-0.15, -0.1) is 0 Å². The molecule has 1 aromatic rings. The van der Waals surface area contributed by atoms with Gasteiger partial charge in [-0.1, -0.05) is 12.1 Å². The number of hydrogen-bond donors (Lipinski definition) is 0. The molecule has 0 saturated heterocycles. The van der Waals surface area contributed by atoms with Gasteiger partial charge >= 0.3 is 5.97 Å². The molecule has 17 heavy (non-hydrogen) atoms. The first kappa shape index (κ1) is 12.0. The highest BCUT2D eigenvalue weighted by Gasteiger charge is 2.32. The number of rotatable bonds is 3.